The van der Waals surface area contributed by atoms with Gasteiger partial charge in [0.2, 0.25) is 5.91 Å². The number of ketones is 1. The summed E-state index contributed by atoms with van der Waals surface area (Å²) in [7, 11) is 1.61. The number of nitrogens with one attached hydrogen (secondary N) is 2. The highest BCUT2D eigenvalue weighted by molar-refractivity contribution is 6.31. The van der Waals surface area contributed by atoms with Crippen LogP contribution in [0.4, 0.5) is 11.4 Å². The first-order chi connectivity index (χ1) is 18.3. The van der Waals surface area contributed by atoms with Crippen LogP contribution in [-0.4, -0.2) is 25.3 Å². The van der Waals surface area contributed by atoms with E-state index in [1.807, 2.05) is 77.7 Å². The Bertz CT molecular complexity index is 1410. The number of benzene rings is 3. The zero-order chi connectivity index (χ0) is 26.9. The molecule has 0 bridgehead atoms. The molecule has 0 fully saturated rings. The van der Waals surface area contributed by atoms with E-state index in [2.05, 4.69) is 24.5 Å². The monoisotopic (exact) mass is 529 g/mol. The molecule has 0 radical (unpaired) electrons. The molecule has 1 unspecified atom stereocenters. The van der Waals surface area contributed by atoms with Crippen LogP contribution >= 0.6 is 11.6 Å². The smallest absolute Gasteiger partial charge is 0.239 e. The van der Waals surface area contributed by atoms with Crippen LogP contribution in [0, 0.1) is 5.41 Å². The van der Waals surface area contributed by atoms with E-state index in [1.54, 1.807) is 7.11 Å². The average Bonchev–Trinajstić information content (AvgIpc) is 3.01. The molecule has 2 N–H and O–H groups in total. The number of anilines is 2. The number of hydrogen-bond acceptors (Lipinski definition) is 5. The number of hydrogen-bond donors (Lipinski definition) is 2. The molecule has 0 aromatic heterocycles. The van der Waals surface area contributed by atoms with Crippen molar-refractivity contribution in [3.05, 3.63) is 100 Å². The van der Waals surface area contributed by atoms with Gasteiger partial charge >= 0.3 is 0 Å². The minimum atomic E-state index is -0.518. The van der Waals surface area contributed by atoms with E-state index in [0.717, 1.165) is 40.4 Å². The van der Waals surface area contributed by atoms with Gasteiger partial charge in [-0.2, -0.15) is 0 Å². The molecule has 7 heteroatoms. The quantitative estimate of drug-likeness (QED) is 0.393. The van der Waals surface area contributed by atoms with Gasteiger partial charge in [0.1, 0.15) is 5.75 Å². The van der Waals surface area contributed by atoms with Crippen molar-refractivity contribution >= 4 is 34.7 Å². The van der Waals surface area contributed by atoms with Gasteiger partial charge in [-0.1, -0.05) is 74.0 Å². The van der Waals surface area contributed by atoms with Gasteiger partial charge < -0.3 is 20.3 Å². The van der Waals surface area contributed by atoms with Gasteiger partial charge in [0.15, 0.2) is 5.78 Å². The summed E-state index contributed by atoms with van der Waals surface area (Å²) in [6, 6.07) is 22.5. The first-order valence-corrected chi connectivity index (χ1v) is 13.2. The van der Waals surface area contributed by atoms with Gasteiger partial charge in [-0.05, 0) is 41.7 Å². The summed E-state index contributed by atoms with van der Waals surface area (Å²) >= 11 is 6.75. The van der Waals surface area contributed by atoms with Crippen molar-refractivity contribution in [2.24, 2.45) is 5.41 Å². The summed E-state index contributed by atoms with van der Waals surface area (Å²) in [6.07, 6.45) is 1.15. The van der Waals surface area contributed by atoms with Crippen molar-refractivity contribution in [2.45, 2.75) is 39.3 Å². The molecule has 1 aliphatic heterocycles. The molecular formula is C31H32ClN3O3. The molecule has 1 aliphatic carbocycles. The maximum Gasteiger partial charge on any atom is 0.239 e. The summed E-state index contributed by atoms with van der Waals surface area (Å²) in [5.74, 6) is 0.618. The van der Waals surface area contributed by atoms with Gasteiger partial charge in [0, 0.05) is 34.8 Å². The normalized spacial score (nSPS) is 18.2. The lowest BCUT2D eigenvalue weighted by Crippen LogP contribution is -2.42. The number of para-hydroxylation sites is 3. The lowest BCUT2D eigenvalue weighted by molar-refractivity contribution is -0.120. The Morgan fingerprint density at radius 3 is 2.55 bits per heavy atom. The molecule has 1 atom stereocenters. The summed E-state index contributed by atoms with van der Waals surface area (Å²) in [4.78, 5) is 29.2. The number of methoxy groups -OCH3 is 1. The van der Waals surface area contributed by atoms with E-state index in [9.17, 15) is 9.59 Å². The van der Waals surface area contributed by atoms with E-state index in [-0.39, 0.29) is 23.7 Å². The molecule has 0 spiro atoms. The van der Waals surface area contributed by atoms with E-state index in [4.69, 9.17) is 16.3 Å². The predicted octanol–water partition coefficient (Wildman–Crippen LogP) is 6.28. The second kappa shape index (κ2) is 10.5. The number of halogens is 1. The summed E-state index contributed by atoms with van der Waals surface area (Å²) < 4.78 is 5.44. The Morgan fingerprint density at radius 2 is 1.76 bits per heavy atom. The van der Waals surface area contributed by atoms with Crippen molar-refractivity contribution in [2.75, 3.05) is 23.9 Å². The van der Waals surface area contributed by atoms with Crippen molar-refractivity contribution in [1.29, 1.82) is 0 Å². The number of carbonyl (C=O) groups is 2. The van der Waals surface area contributed by atoms with Gasteiger partial charge in [-0.15, -0.1) is 0 Å². The molecule has 2 aliphatic rings. The fraction of sp³-hybridized carbons (Fsp3) is 0.290. The first kappa shape index (κ1) is 25.9. The molecule has 196 valence electrons. The van der Waals surface area contributed by atoms with Crippen molar-refractivity contribution in [1.82, 2.24) is 5.32 Å². The molecule has 6 nitrogen and oxygen atoms in total. The number of nitrogens with zero attached hydrogens (tertiary/aromatic N) is 1. The third-order valence-corrected chi connectivity index (χ3v) is 7.53. The van der Waals surface area contributed by atoms with Crippen LogP contribution in [0.5, 0.6) is 5.75 Å². The molecular weight excluding hydrogens is 498 g/mol. The van der Waals surface area contributed by atoms with E-state index >= 15 is 0 Å². The third-order valence-electron chi connectivity index (χ3n) is 7.19. The van der Waals surface area contributed by atoms with E-state index < -0.39 is 6.04 Å². The largest absolute Gasteiger partial charge is 0.496 e. The van der Waals surface area contributed by atoms with Crippen LogP contribution in [0.15, 0.2) is 84.1 Å². The maximum atomic E-state index is 13.8. The Kier molecular flexibility index (Phi) is 7.17. The minimum Gasteiger partial charge on any atom is -0.496 e. The van der Waals surface area contributed by atoms with Crippen LogP contribution in [0.3, 0.4) is 0 Å². The maximum absolute atomic E-state index is 13.8. The van der Waals surface area contributed by atoms with Crippen molar-refractivity contribution < 1.29 is 14.3 Å². The molecule has 0 saturated heterocycles. The number of rotatable bonds is 6. The lowest BCUT2D eigenvalue weighted by atomic mass is 9.73. The first-order valence-electron chi connectivity index (χ1n) is 12.8. The second-order valence-electron chi connectivity index (χ2n) is 10.6. The topological polar surface area (TPSA) is 70.7 Å². The standard InChI is InChI=1S/C31H32ClN3O3/c1-31(2)16-24-29(26(36)17-31)30(21-11-5-6-12-22(21)32)35(25-14-8-7-13-23(25)34-24)19-28(37)33-18-20-10-4-9-15-27(20)38-3/h4-15,30,34H,16-19H2,1-3H3,(H,33,37). The Hall–Kier alpha value is -3.77. The summed E-state index contributed by atoms with van der Waals surface area (Å²) in [5, 5.41) is 7.17. The van der Waals surface area contributed by atoms with Crippen molar-refractivity contribution in [3.63, 3.8) is 0 Å². The Labute approximate surface area is 228 Å². The second-order valence-corrected chi connectivity index (χ2v) is 11.0. The van der Waals surface area contributed by atoms with Gasteiger partial charge in [-0.25, -0.2) is 0 Å². The highest BCUT2D eigenvalue weighted by Crippen LogP contribution is 2.49. The van der Waals surface area contributed by atoms with Crippen molar-refractivity contribution in [3.8, 4) is 5.75 Å². The summed E-state index contributed by atoms with van der Waals surface area (Å²) in [5.41, 5.74) is 4.77. The minimum absolute atomic E-state index is 0.0389. The molecule has 38 heavy (non-hydrogen) atoms. The average molecular weight is 530 g/mol. The van der Waals surface area contributed by atoms with Crippen LogP contribution in [0.1, 0.15) is 43.9 Å². The predicted molar refractivity (Wildman–Crippen MR) is 151 cm³/mol. The molecule has 3 aromatic rings. The highest BCUT2D eigenvalue weighted by Gasteiger charge is 2.42. The molecule has 0 saturated carbocycles. The summed E-state index contributed by atoms with van der Waals surface area (Å²) in [6.45, 7) is 4.59. The van der Waals surface area contributed by atoms with E-state index in [0.29, 0.717) is 23.6 Å². The zero-order valence-corrected chi connectivity index (χ0v) is 22.6. The lowest BCUT2D eigenvalue weighted by Gasteiger charge is -2.38. The number of allylic oxidation sites excluding steroid dienone is 1. The third kappa shape index (κ3) is 5.14. The number of carbonyl (C=O) groups excluding carboxylic acids is 2. The van der Waals surface area contributed by atoms with E-state index in [1.165, 1.54) is 0 Å². The van der Waals surface area contributed by atoms with Gasteiger partial charge in [0.25, 0.3) is 0 Å². The van der Waals surface area contributed by atoms with Crippen LogP contribution in [0.25, 0.3) is 0 Å². The number of amides is 1. The van der Waals surface area contributed by atoms with Gasteiger partial charge in [-0.3, -0.25) is 9.59 Å². The zero-order valence-electron chi connectivity index (χ0n) is 21.9. The molecule has 5 rings (SSSR count). The Balaban J connectivity index is 1.57. The van der Waals surface area contributed by atoms with Crippen LogP contribution in [-0.2, 0) is 16.1 Å². The number of fused-ring (bicyclic) bond motifs is 1. The van der Waals surface area contributed by atoms with Crippen LogP contribution < -0.4 is 20.3 Å². The molecule has 3 aromatic carbocycles. The van der Waals surface area contributed by atoms with Crippen LogP contribution in [0.2, 0.25) is 5.02 Å². The van der Waals surface area contributed by atoms with Gasteiger partial charge in [0.05, 0.1) is 31.1 Å². The molecule has 1 amide bonds. The molecule has 1 heterocycles. The Morgan fingerprint density at radius 1 is 1.05 bits per heavy atom. The fourth-order valence-electron chi connectivity index (χ4n) is 5.50. The number of ether oxygens (including phenoxy) is 1. The SMILES string of the molecule is COc1ccccc1CNC(=O)CN1c2ccccc2NC2=C(C(=O)CC(C)(C)C2)C1c1ccccc1Cl. The number of Topliss-reactive ketones (excluding diaryl/α,β-unsaturated/α-hetero) is 1. The fourth-order valence-corrected chi connectivity index (χ4v) is 5.74. The highest BCUT2D eigenvalue weighted by atomic mass is 35.5.